The molecule has 0 bridgehead atoms. The van der Waals surface area contributed by atoms with Crippen LogP contribution in [0.25, 0.3) is 0 Å². The highest BCUT2D eigenvalue weighted by Crippen LogP contribution is 2.37. The molecule has 3 atom stereocenters. The second-order valence-corrected chi connectivity index (χ2v) is 4.71. The van der Waals surface area contributed by atoms with Crippen LogP contribution in [0.5, 0.6) is 0 Å². The van der Waals surface area contributed by atoms with Crippen LogP contribution >= 0.6 is 0 Å². The topological polar surface area (TPSA) is 29.3 Å². The Bertz CT molecular complexity index is 167. The summed E-state index contributed by atoms with van der Waals surface area (Å²) in [6.07, 6.45) is 2.64. The molecule has 1 unspecified atom stereocenters. The highest BCUT2D eigenvalue weighted by atomic mass is 15.2. The Balaban J connectivity index is 1.98. The van der Waals surface area contributed by atoms with Crippen molar-refractivity contribution in [2.24, 2.45) is 17.6 Å². The van der Waals surface area contributed by atoms with Crippen molar-refractivity contribution in [2.75, 3.05) is 13.1 Å². The van der Waals surface area contributed by atoms with E-state index in [1.165, 1.54) is 25.9 Å². The van der Waals surface area contributed by atoms with Crippen LogP contribution < -0.4 is 5.73 Å². The number of hydrogen-bond acceptors (Lipinski definition) is 2. The van der Waals surface area contributed by atoms with Crippen LogP contribution in [-0.2, 0) is 0 Å². The van der Waals surface area contributed by atoms with Crippen molar-refractivity contribution >= 4 is 0 Å². The van der Waals surface area contributed by atoms with Crippen molar-refractivity contribution in [2.45, 2.75) is 38.8 Å². The summed E-state index contributed by atoms with van der Waals surface area (Å²) < 4.78 is 0. The van der Waals surface area contributed by atoms with Crippen LogP contribution in [0.1, 0.15) is 26.7 Å². The van der Waals surface area contributed by atoms with Crippen molar-refractivity contribution < 1.29 is 0 Å². The Morgan fingerprint density at radius 3 is 2.58 bits per heavy atom. The van der Waals surface area contributed by atoms with Crippen LogP contribution in [-0.4, -0.2) is 30.1 Å². The summed E-state index contributed by atoms with van der Waals surface area (Å²) in [6, 6.07) is 1.21. The van der Waals surface area contributed by atoms with Gasteiger partial charge in [0, 0.05) is 25.2 Å². The van der Waals surface area contributed by atoms with E-state index >= 15 is 0 Å². The quantitative estimate of drug-likeness (QED) is 0.634. The molecule has 0 amide bonds. The van der Waals surface area contributed by atoms with E-state index in [2.05, 4.69) is 18.7 Å². The summed E-state index contributed by atoms with van der Waals surface area (Å²) in [5.74, 6) is 1.73. The molecule has 0 aromatic heterocycles. The van der Waals surface area contributed by atoms with E-state index in [0.717, 1.165) is 11.8 Å². The monoisotopic (exact) mass is 168 g/mol. The van der Waals surface area contributed by atoms with Crippen LogP contribution in [0, 0.1) is 11.8 Å². The molecule has 70 valence electrons. The molecule has 1 saturated heterocycles. The molecule has 1 heterocycles. The summed E-state index contributed by atoms with van der Waals surface area (Å²) in [4.78, 5) is 2.58. The van der Waals surface area contributed by atoms with Gasteiger partial charge in [0.15, 0.2) is 0 Å². The molecule has 2 aliphatic rings. The first kappa shape index (κ1) is 8.52. The summed E-state index contributed by atoms with van der Waals surface area (Å²) in [5, 5.41) is 0. The molecule has 0 radical (unpaired) electrons. The van der Waals surface area contributed by atoms with Gasteiger partial charge in [-0.25, -0.2) is 0 Å². The molecule has 1 saturated carbocycles. The zero-order chi connectivity index (χ0) is 8.72. The minimum absolute atomic E-state index is 0.499. The first-order valence-corrected chi connectivity index (χ1v) is 5.18. The number of fused-ring (bicyclic) bond motifs is 1. The summed E-state index contributed by atoms with van der Waals surface area (Å²) in [7, 11) is 0. The number of nitrogens with zero attached hydrogens (tertiary/aromatic N) is 1. The number of likely N-dealkylation sites (tertiary alicyclic amines) is 1. The normalized spacial score (nSPS) is 42.5. The van der Waals surface area contributed by atoms with E-state index in [1.54, 1.807) is 0 Å². The predicted octanol–water partition coefficient (Wildman–Crippen LogP) is 1.06. The molecule has 1 aliphatic heterocycles. The third-order valence-electron chi connectivity index (χ3n) is 3.67. The molecular weight excluding hydrogens is 148 g/mol. The van der Waals surface area contributed by atoms with Crippen molar-refractivity contribution in [3.05, 3.63) is 0 Å². The lowest BCUT2D eigenvalue weighted by Gasteiger charge is -2.22. The lowest BCUT2D eigenvalue weighted by molar-refractivity contribution is 0.251. The molecule has 2 fully saturated rings. The van der Waals surface area contributed by atoms with Gasteiger partial charge in [0.2, 0.25) is 0 Å². The minimum atomic E-state index is 0.499. The van der Waals surface area contributed by atoms with Crippen molar-refractivity contribution in [1.82, 2.24) is 4.90 Å². The molecule has 12 heavy (non-hydrogen) atoms. The van der Waals surface area contributed by atoms with Crippen LogP contribution in [0.15, 0.2) is 0 Å². The Morgan fingerprint density at radius 1 is 1.25 bits per heavy atom. The molecule has 1 aliphatic carbocycles. The van der Waals surface area contributed by atoms with Gasteiger partial charge in [0.25, 0.3) is 0 Å². The highest BCUT2D eigenvalue weighted by Gasteiger charge is 2.41. The zero-order valence-corrected chi connectivity index (χ0v) is 8.16. The van der Waals surface area contributed by atoms with E-state index in [0.29, 0.717) is 12.1 Å². The Labute approximate surface area is 75.1 Å². The van der Waals surface area contributed by atoms with Gasteiger partial charge < -0.3 is 10.6 Å². The maximum absolute atomic E-state index is 6.06. The standard InChI is InChI=1S/C10H20N2/c1-7(2)12-5-8-3-4-10(11)9(8)6-12/h7-10H,3-6,11H2,1-2H3/t8-,9+,10?/m0/s1. The van der Waals surface area contributed by atoms with Crippen LogP contribution in [0.4, 0.5) is 0 Å². The third-order valence-corrected chi connectivity index (χ3v) is 3.67. The lowest BCUT2D eigenvalue weighted by atomic mass is 9.98. The van der Waals surface area contributed by atoms with Gasteiger partial charge >= 0.3 is 0 Å². The molecule has 0 aromatic rings. The first-order chi connectivity index (χ1) is 5.68. The van der Waals surface area contributed by atoms with E-state index in [4.69, 9.17) is 5.73 Å². The molecule has 0 aromatic carbocycles. The zero-order valence-electron chi connectivity index (χ0n) is 8.16. The van der Waals surface area contributed by atoms with E-state index in [9.17, 15) is 0 Å². The largest absolute Gasteiger partial charge is 0.327 e. The minimum Gasteiger partial charge on any atom is -0.327 e. The van der Waals surface area contributed by atoms with Gasteiger partial charge in [-0.05, 0) is 38.5 Å². The first-order valence-electron chi connectivity index (χ1n) is 5.18. The number of nitrogens with two attached hydrogens (primary N) is 1. The van der Waals surface area contributed by atoms with Crippen molar-refractivity contribution in [1.29, 1.82) is 0 Å². The average Bonchev–Trinajstić information content (AvgIpc) is 2.53. The number of hydrogen-bond donors (Lipinski definition) is 1. The SMILES string of the molecule is CC(C)N1C[C@@H]2CCC(N)[C@@H]2C1. The molecule has 0 spiro atoms. The van der Waals surface area contributed by atoms with Gasteiger partial charge in [0.05, 0.1) is 0 Å². The van der Waals surface area contributed by atoms with Crippen molar-refractivity contribution in [3.63, 3.8) is 0 Å². The molecule has 2 N–H and O–H groups in total. The van der Waals surface area contributed by atoms with Crippen molar-refractivity contribution in [3.8, 4) is 0 Å². The summed E-state index contributed by atoms with van der Waals surface area (Å²) >= 11 is 0. The maximum Gasteiger partial charge on any atom is 0.00826 e. The van der Waals surface area contributed by atoms with Gasteiger partial charge in [-0.3, -0.25) is 0 Å². The van der Waals surface area contributed by atoms with E-state index in [-0.39, 0.29) is 0 Å². The molecular formula is C10H20N2. The second-order valence-electron chi connectivity index (χ2n) is 4.71. The maximum atomic E-state index is 6.06. The molecule has 2 heteroatoms. The number of rotatable bonds is 1. The Hall–Kier alpha value is -0.0800. The van der Waals surface area contributed by atoms with Gasteiger partial charge in [0.1, 0.15) is 0 Å². The van der Waals surface area contributed by atoms with Gasteiger partial charge in [-0.1, -0.05) is 0 Å². The predicted molar refractivity (Wildman–Crippen MR) is 50.9 cm³/mol. The average molecular weight is 168 g/mol. The second kappa shape index (κ2) is 3.00. The highest BCUT2D eigenvalue weighted by molar-refractivity contribution is 4.96. The lowest BCUT2D eigenvalue weighted by Crippen LogP contribution is -2.33. The van der Waals surface area contributed by atoms with Gasteiger partial charge in [-0.2, -0.15) is 0 Å². The smallest absolute Gasteiger partial charge is 0.00826 e. The van der Waals surface area contributed by atoms with E-state index in [1.807, 2.05) is 0 Å². The fourth-order valence-corrected chi connectivity index (χ4v) is 2.76. The molecule has 2 nitrogen and oxygen atoms in total. The Morgan fingerprint density at radius 2 is 2.00 bits per heavy atom. The van der Waals surface area contributed by atoms with Gasteiger partial charge in [-0.15, -0.1) is 0 Å². The fraction of sp³-hybridized carbons (Fsp3) is 1.00. The molecule has 2 rings (SSSR count). The summed E-state index contributed by atoms with van der Waals surface area (Å²) in [6.45, 7) is 7.12. The third kappa shape index (κ3) is 1.27. The summed E-state index contributed by atoms with van der Waals surface area (Å²) in [5.41, 5.74) is 6.06. The fourth-order valence-electron chi connectivity index (χ4n) is 2.76. The van der Waals surface area contributed by atoms with E-state index < -0.39 is 0 Å². The van der Waals surface area contributed by atoms with Crippen LogP contribution in [0.2, 0.25) is 0 Å². The Kier molecular flexibility index (Phi) is 2.13. The van der Waals surface area contributed by atoms with Crippen LogP contribution in [0.3, 0.4) is 0 Å².